The van der Waals surface area contributed by atoms with E-state index < -0.39 is 0 Å². The van der Waals surface area contributed by atoms with Gasteiger partial charge in [0, 0.05) is 18.0 Å². The summed E-state index contributed by atoms with van der Waals surface area (Å²) >= 11 is 0. The second-order valence-corrected chi connectivity index (χ2v) is 4.55. The number of aromatic nitrogens is 1. The SMILES string of the molecule is COc1ccc(CNCc2ccno2)c2ccccc12. The zero-order valence-electron chi connectivity index (χ0n) is 11.3. The molecule has 4 heteroatoms. The lowest BCUT2D eigenvalue weighted by Crippen LogP contribution is -2.12. The van der Waals surface area contributed by atoms with Gasteiger partial charge in [-0.25, -0.2) is 0 Å². The first kappa shape index (κ1) is 12.7. The Morgan fingerprint density at radius 2 is 1.90 bits per heavy atom. The summed E-state index contributed by atoms with van der Waals surface area (Å²) in [7, 11) is 1.70. The van der Waals surface area contributed by atoms with E-state index in [2.05, 4.69) is 28.7 Å². The second kappa shape index (κ2) is 5.75. The fourth-order valence-corrected chi connectivity index (χ4v) is 2.32. The molecule has 0 fully saturated rings. The van der Waals surface area contributed by atoms with Crippen LogP contribution in [0.25, 0.3) is 10.8 Å². The highest BCUT2D eigenvalue weighted by atomic mass is 16.5. The third-order valence-electron chi connectivity index (χ3n) is 3.30. The Kier molecular flexibility index (Phi) is 3.65. The maximum Gasteiger partial charge on any atom is 0.150 e. The largest absolute Gasteiger partial charge is 0.496 e. The summed E-state index contributed by atoms with van der Waals surface area (Å²) in [5.41, 5.74) is 1.24. The fraction of sp³-hybridized carbons (Fsp3) is 0.188. The van der Waals surface area contributed by atoms with E-state index >= 15 is 0 Å². The summed E-state index contributed by atoms with van der Waals surface area (Å²) in [6.07, 6.45) is 1.65. The number of ether oxygens (including phenoxy) is 1. The van der Waals surface area contributed by atoms with Gasteiger partial charge in [0.2, 0.25) is 0 Å². The third kappa shape index (κ3) is 2.51. The number of rotatable bonds is 5. The van der Waals surface area contributed by atoms with E-state index in [0.717, 1.165) is 23.4 Å². The molecule has 0 unspecified atom stereocenters. The van der Waals surface area contributed by atoms with E-state index in [-0.39, 0.29) is 0 Å². The standard InChI is InChI=1S/C16H16N2O2/c1-19-16-7-6-12(14-4-2-3-5-15(14)16)10-17-11-13-8-9-18-20-13/h2-9,17H,10-11H2,1H3. The van der Waals surface area contributed by atoms with E-state index in [1.54, 1.807) is 13.3 Å². The Labute approximate surface area is 117 Å². The molecule has 0 aliphatic carbocycles. The van der Waals surface area contributed by atoms with Crippen LogP contribution in [0.3, 0.4) is 0 Å². The van der Waals surface area contributed by atoms with Gasteiger partial charge >= 0.3 is 0 Å². The van der Waals surface area contributed by atoms with Crippen molar-refractivity contribution in [2.24, 2.45) is 0 Å². The number of nitrogens with zero attached hydrogens (tertiary/aromatic N) is 1. The molecule has 0 saturated carbocycles. The Bertz CT molecular complexity index is 693. The third-order valence-corrected chi connectivity index (χ3v) is 3.30. The quantitative estimate of drug-likeness (QED) is 0.772. The van der Waals surface area contributed by atoms with Crippen molar-refractivity contribution in [3.63, 3.8) is 0 Å². The lowest BCUT2D eigenvalue weighted by atomic mass is 10.0. The molecule has 1 aromatic heterocycles. The minimum Gasteiger partial charge on any atom is -0.496 e. The molecule has 0 bridgehead atoms. The minimum atomic E-state index is 0.667. The first-order valence-electron chi connectivity index (χ1n) is 6.53. The lowest BCUT2D eigenvalue weighted by molar-refractivity contribution is 0.373. The molecule has 0 atom stereocenters. The van der Waals surface area contributed by atoms with Gasteiger partial charge in [0.1, 0.15) is 11.5 Å². The predicted molar refractivity (Wildman–Crippen MR) is 77.5 cm³/mol. The highest BCUT2D eigenvalue weighted by Crippen LogP contribution is 2.28. The first-order chi connectivity index (χ1) is 9.88. The molecule has 0 spiro atoms. The molecule has 20 heavy (non-hydrogen) atoms. The molecular formula is C16H16N2O2. The monoisotopic (exact) mass is 268 g/mol. The van der Waals surface area contributed by atoms with Gasteiger partial charge < -0.3 is 14.6 Å². The van der Waals surface area contributed by atoms with Crippen LogP contribution in [0, 0.1) is 0 Å². The van der Waals surface area contributed by atoms with Gasteiger partial charge in [0.25, 0.3) is 0 Å². The molecule has 0 amide bonds. The van der Waals surface area contributed by atoms with Gasteiger partial charge in [-0.2, -0.15) is 0 Å². The van der Waals surface area contributed by atoms with Gasteiger partial charge in [0.15, 0.2) is 0 Å². The Hall–Kier alpha value is -2.33. The van der Waals surface area contributed by atoms with Gasteiger partial charge in [0.05, 0.1) is 19.9 Å². The molecule has 0 radical (unpaired) electrons. The summed E-state index contributed by atoms with van der Waals surface area (Å²) < 4.78 is 10.5. The highest BCUT2D eigenvalue weighted by molar-refractivity contribution is 5.91. The molecule has 0 aliphatic rings. The van der Waals surface area contributed by atoms with E-state index in [1.807, 2.05) is 24.3 Å². The summed E-state index contributed by atoms with van der Waals surface area (Å²) in [5, 5.41) is 9.39. The van der Waals surface area contributed by atoms with Crippen LogP contribution in [0.2, 0.25) is 0 Å². The van der Waals surface area contributed by atoms with Crippen molar-refractivity contribution in [2.75, 3.05) is 7.11 Å². The van der Waals surface area contributed by atoms with Crippen molar-refractivity contribution in [2.45, 2.75) is 13.1 Å². The number of nitrogens with one attached hydrogen (secondary N) is 1. The smallest absolute Gasteiger partial charge is 0.150 e. The van der Waals surface area contributed by atoms with Crippen molar-refractivity contribution in [1.29, 1.82) is 0 Å². The maximum atomic E-state index is 5.40. The summed E-state index contributed by atoms with van der Waals surface area (Å²) in [4.78, 5) is 0. The number of hydrogen-bond acceptors (Lipinski definition) is 4. The van der Waals surface area contributed by atoms with Crippen LogP contribution in [0.15, 0.2) is 53.2 Å². The van der Waals surface area contributed by atoms with Crippen LogP contribution < -0.4 is 10.1 Å². The molecular weight excluding hydrogens is 252 g/mol. The molecule has 2 aromatic carbocycles. The fourth-order valence-electron chi connectivity index (χ4n) is 2.32. The molecule has 3 rings (SSSR count). The number of benzene rings is 2. The van der Waals surface area contributed by atoms with Crippen LogP contribution in [0.1, 0.15) is 11.3 Å². The van der Waals surface area contributed by atoms with Crippen LogP contribution >= 0.6 is 0 Å². The van der Waals surface area contributed by atoms with E-state index in [9.17, 15) is 0 Å². The topological polar surface area (TPSA) is 47.3 Å². The molecule has 0 aliphatic heterocycles. The summed E-state index contributed by atoms with van der Waals surface area (Å²) in [5.74, 6) is 1.74. The van der Waals surface area contributed by atoms with Crippen LogP contribution in [-0.4, -0.2) is 12.3 Å². The van der Waals surface area contributed by atoms with Crippen LogP contribution in [-0.2, 0) is 13.1 Å². The van der Waals surface area contributed by atoms with Crippen molar-refractivity contribution in [1.82, 2.24) is 10.5 Å². The summed E-state index contributed by atoms with van der Waals surface area (Å²) in [6, 6.07) is 14.2. The number of hydrogen-bond donors (Lipinski definition) is 1. The second-order valence-electron chi connectivity index (χ2n) is 4.55. The Morgan fingerprint density at radius 1 is 1.05 bits per heavy atom. The van der Waals surface area contributed by atoms with E-state index in [0.29, 0.717) is 6.54 Å². The van der Waals surface area contributed by atoms with Gasteiger partial charge in [-0.3, -0.25) is 0 Å². The minimum absolute atomic E-state index is 0.667. The van der Waals surface area contributed by atoms with Gasteiger partial charge in [-0.1, -0.05) is 35.5 Å². The van der Waals surface area contributed by atoms with Crippen molar-refractivity contribution in [3.8, 4) is 5.75 Å². The average molecular weight is 268 g/mol. The van der Waals surface area contributed by atoms with Crippen LogP contribution in [0.5, 0.6) is 5.75 Å². The normalized spacial score (nSPS) is 10.8. The predicted octanol–water partition coefficient (Wildman–Crippen LogP) is 3.13. The highest BCUT2D eigenvalue weighted by Gasteiger charge is 2.06. The van der Waals surface area contributed by atoms with E-state index in [1.165, 1.54) is 10.9 Å². The molecule has 4 nitrogen and oxygen atoms in total. The Morgan fingerprint density at radius 3 is 2.65 bits per heavy atom. The number of fused-ring (bicyclic) bond motifs is 1. The maximum absolute atomic E-state index is 5.40. The zero-order valence-corrected chi connectivity index (χ0v) is 11.3. The average Bonchev–Trinajstić information content (AvgIpc) is 3.01. The zero-order chi connectivity index (χ0) is 13.8. The molecule has 0 saturated heterocycles. The van der Waals surface area contributed by atoms with Gasteiger partial charge in [-0.05, 0) is 17.0 Å². The van der Waals surface area contributed by atoms with Crippen molar-refractivity contribution < 1.29 is 9.26 Å². The van der Waals surface area contributed by atoms with Crippen molar-refractivity contribution >= 4 is 10.8 Å². The summed E-state index contributed by atoms with van der Waals surface area (Å²) in [6.45, 7) is 1.44. The first-order valence-corrected chi connectivity index (χ1v) is 6.53. The van der Waals surface area contributed by atoms with Gasteiger partial charge in [-0.15, -0.1) is 0 Å². The molecule has 102 valence electrons. The number of methoxy groups -OCH3 is 1. The van der Waals surface area contributed by atoms with Crippen LogP contribution in [0.4, 0.5) is 0 Å². The molecule has 3 aromatic rings. The Balaban J connectivity index is 1.81. The lowest BCUT2D eigenvalue weighted by Gasteiger charge is -2.10. The van der Waals surface area contributed by atoms with E-state index in [4.69, 9.17) is 9.26 Å². The molecule has 1 N–H and O–H groups in total. The molecule has 1 heterocycles. The van der Waals surface area contributed by atoms with Crippen molar-refractivity contribution in [3.05, 3.63) is 60.0 Å².